The molecule has 0 spiro atoms. The second kappa shape index (κ2) is 6.59. The van der Waals surface area contributed by atoms with E-state index in [0.29, 0.717) is 0 Å². The number of nitrogens with one attached hydrogen (secondary N) is 1. The van der Waals surface area contributed by atoms with Crippen molar-refractivity contribution in [2.75, 3.05) is 5.32 Å². The Morgan fingerprint density at radius 3 is 2.14 bits per heavy atom. The number of anilines is 1. The predicted octanol–water partition coefficient (Wildman–Crippen LogP) is 5.73. The number of benzene rings is 3. The highest BCUT2D eigenvalue weighted by Gasteiger charge is 1.98. The average Bonchev–Trinajstić information content (AvgIpc) is 2.54. The molecule has 0 atom stereocenters. The van der Waals surface area contributed by atoms with Gasteiger partial charge < -0.3 is 5.32 Å². The van der Waals surface area contributed by atoms with Crippen molar-refractivity contribution in [3.05, 3.63) is 88.9 Å². The van der Waals surface area contributed by atoms with E-state index in [-0.39, 0.29) is 0 Å². The van der Waals surface area contributed by atoms with Gasteiger partial charge in [0.2, 0.25) is 0 Å². The number of halogens is 1. The molecule has 0 saturated carbocycles. The Kier molecular flexibility index (Phi) is 4.37. The van der Waals surface area contributed by atoms with Crippen LogP contribution in [-0.2, 0) is 6.54 Å². The lowest BCUT2D eigenvalue weighted by molar-refractivity contribution is 1.15. The van der Waals surface area contributed by atoms with Crippen molar-refractivity contribution in [2.24, 2.45) is 0 Å². The second-order valence-electron chi connectivity index (χ2n) is 4.93. The van der Waals surface area contributed by atoms with E-state index in [4.69, 9.17) is 0 Å². The lowest BCUT2D eigenvalue weighted by Gasteiger charge is -2.08. The summed E-state index contributed by atoms with van der Waals surface area (Å²) in [6, 6.07) is 27.4. The minimum atomic E-state index is 0.825. The van der Waals surface area contributed by atoms with Crippen LogP contribution in [0.5, 0.6) is 0 Å². The van der Waals surface area contributed by atoms with Crippen molar-refractivity contribution >= 4 is 21.6 Å². The van der Waals surface area contributed by atoms with E-state index >= 15 is 0 Å². The molecule has 3 rings (SSSR count). The first-order chi connectivity index (χ1) is 10.3. The number of hydrogen-bond acceptors (Lipinski definition) is 1. The van der Waals surface area contributed by atoms with E-state index in [1.165, 1.54) is 16.7 Å². The van der Waals surface area contributed by atoms with Crippen LogP contribution in [0.25, 0.3) is 11.1 Å². The molecule has 3 aromatic rings. The lowest BCUT2D eigenvalue weighted by Crippen LogP contribution is -1.98. The van der Waals surface area contributed by atoms with Crippen molar-refractivity contribution in [1.82, 2.24) is 0 Å². The Labute approximate surface area is 133 Å². The molecule has 21 heavy (non-hydrogen) atoms. The van der Waals surface area contributed by atoms with Gasteiger partial charge in [-0.25, -0.2) is 0 Å². The third-order valence-electron chi connectivity index (χ3n) is 3.38. The summed E-state index contributed by atoms with van der Waals surface area (Å²) in [5, 5.41) is 3.43. The molecular weight excluding hydrogens is 322 g/mol. The van der Waals surface area contributed by atoms with E-state index in [1.807, 2.05) is 18.2 Å². The fourth-order valence-corrected chi connectivity index (χ4v) is 2.65. The van der Waals surface area contributed by atoms with Gasteiger partial charge in [0.15, 0.2) is 0 Å². The lowest BCUT2D eigenvalue weighted by atomic mass is 10.0. The highest BCUT2D eigenvalue weighted by atomic mass is 79.9. The standard InChI is InChI=1S/C19H16BrN/c20-18-7-4-8-19(13-18)21-14-15-9-11-17(12-10-15)16-5-2-1-3-6-16/h1-13,21H,14H2. The third kappa shape index (κ3) is 3.73. The zero-order valence-electron chi connectivity index (χ0n) is 11.6. The molecule has 0 saturated heterocycles. The van der Waals surface area contributed by atoms with Crippen LogP contribution in [0.3, 0.4) is 0 Å². The molecule has 0 bridgehead atoms. The summed E-state index contributed by atoms with van der Waals surface area (Å²) in [7, 11) is 0. The second-order valence-corrected chi connectivity index (χ2v) is 5.84. The maximum Gasteiger partial charge on any atom is 0.0400 e. The zero-order chi connectivity index (χ0) is 14.5. The fourth-order valence-electron chi connectivity index (χ4n) is 2.25. The predicted molar refractivity (Wildman–Crippen MR) is 93.3 cm³/mol. The summed E-state index contributed by atoms with van der Waals surface area (Å²) in [6.07, 6.45) is 0. The Hall–Kier alpha value is -2.06. The van der Waals surface area contributed by atoms with Gasteiger partial charge in [0.05, 0.1) is 0 Å². The first kappa shape index (κ1) is 13.9. The molecule has 0 heterocycles. The van der Waals surface area contributed by atoms with Crippen LogP contribution in [0.1, 0.15) is 5.56 Å². The minimum absolute atomic E-state index is 0.825. The van der Waals surface area contributed by atoms with Crippen molar-refractivity contribution in [2.45, 2.75) is 6.54 Å². The van der Waals surface area contributed by atoms with Gasteiger partial charge in [-0.05, 0) is 34.9 Å². The van der Waals surface area contributed by atoms with Crippen LogP contribution >= 0.6 is 15.9 Å². The number of hydrogen-bond donors (Lipinski definition) is 1. The maximum absolute atomic E-state index is 3.48. The highest BCUT2D eigenvalue weighted by molar-refractivity contribution is 9.10. The summed E-state index contributed by atoms with van der Waals surface area (Å²) in [4.78, 5) is 0. The average molecular weight is 338 g/mol. The molecule has 0 aliphatic rings. The molecule has 0 fully saturated rings. The molecule has 3 aromatic carbocycles. The van der Waals surface area contributed by atoms with Gasteiger partial charge in [0.1, 0.15) is 0 Å². The molecule has 0 radical (unpaired) electrons. The summed E-state index contributed by atoms with van der Waals surface area (Å²) in [5.41, 5.74) is 4.90. The maximum atomic E-state index is 3.48. The van der Waals surface area contributed by atoms with Crippen molar-refractivity contribution in [1.29, 1.82) is 0 Å². The van der Waals surface area contributed by atoms with E-state index in [0.717, 1.165) is 16.7 Å². The van der Waals surface area contributed by atoms with E-state index in [9.17, 15) is 0 Å². The van der Waals surface area contributed by atoms with Crippen molar-refractivity contribution in [3.63, 3.8) is 0 Å². The smallest absolute Gasteiger partial charge is 0.0400 e. The van der Waals surface area contributed by atoms with Gasteiger partial charge in [0, 0.05) is 16.7 Å². The van der Waals surface area contributed by atoms with Crippen LogP contribution in [0.15, 0.2) is 83.3 Å². The molecule has 1 nitrogen and oxygen atoms in total. The SMILES string of the molecule is Brc1cccc(NCc2ccc(-c3ccccc3)cc2)c1. The van der Waals surface area contributed by atoms with Crippen LogP contribution in [-0.4, -0.2) is 0 Å². The Bertz CT molecular complexity index is 705. The minimum Gasteiger partial charge on any atom is -0.381 e. The van der Waals surface area contributed by atoms with E-state index < -0.39 is 0 Å². The summed E-state index contributed by atoms with van der Waals surface area (Å²) in [6.45, 7) is 0.825. The summed E-state index contributed by atoms with van der Waals surface area (Å²) < 4.78 is 1.09. The van der Waals surface area contributed by atoms with Crippen LogP contribution in [0.4, 0.5) is 5.69 Å². The molecule has 0 aliphatic heterocycles. The normalized spacial score (nSPS) is 10.3. The zero-order valence-corrected chi connectivity index (χ0v) is 13.2. The Balaban J connectivity index is 1.68. The van der Waals surface area contributed by atoms with Crippen molar-refractivity contribution < 1.29 is 0 Å². The number of rotatable bonds is 4. The molecule has 2 heteroatoms. The Morgan fingerprint density at radius 2 is 1.43 bits per heavy atom. The summed E-state index contributed by atoms with van der Waals surface area (Å²) in [5.74, 6) is 0. The molecule has 0 unspecified atom stereocenters. The molecule has 0 aliphatic carbocycles. The quantitative estimate of drug-likeness (QED) is 0.641. The van der Waals surface area contributed by atoms with Gasteiger partial charge in [-0.1, -0.05) is 76.6 Å². The van der Waals surface area contributed by atoms with Crippen molar-refractivity contribution in [3.8, 4) is 11.1 Å². The molecule has 0 amide bonds. The molecule has 104 valence electrons. The first-order valence-electron chi connectivity index (χ1n) is 6.95. The topological polar surface area (TPSA) is 12.0 Å². The van der Waals surface area contributed by atoms with E-state index in [1.54, 1.807) is 0 Å². The van der Waals surface area contributed by atoms with Crippen LogP contribution in [0, 0.1) is 0 Å². The first-order valence-corrected chi connectivity index (χ1v) is 7.74. The highest BCUT2D eigenvalue weighted by Crippen LogP contribution is 2.20. The third-order valence-corrected chi connectivity index (χ3v) is 3.88. The van der Waals surface area contributed by atoms with Gasteiger partial charge in [-0.2, -0.15) is 0 Å². The van der Waals surface area contributed by atoms with Gasteiger partial charge in [-0.15, -0.1) is 0 Å². The largest absolute Gasteiger partial charge is 0.381 e. The van der Waals surface area contributed by atoms with Gasteiger partial charge in [-0.3, -0.25) is 0 Å². The molecular formula is C19H16BrN. The molecule has 0 aromatic heterocycles. The van der Waals surface area contributed by atoms with Crippen LogP contribution in [0.2, 0.25) is 0 Å². The fraction of sp³-hybridized carbons (Fsp3) is 0.0526. The summed E-state index contributed by atoms with van der Waals surface area (Å²) >= 11 is 3.48. The molecule has 1 N–H and O–H groups in total. The van der Waals surface area contributed by atoms with Gasteiger partial charge >= 0.3 is 0 Å². The van der Waals surface area contributed by atoms with Crippen LogP contribution < -0.4 is 5.32 Å². The van der Waals surface area contributed by atoms with Gasteiger partial charge in [0.25, 0.3) is 0 Å². The monoisotopic (exact) mass is 337 g/mol. The van der Waals surface area contributed by atoms with E-state index in [2.05, 4.69) is 81.9 Å². The Morgan fingerprint density at radius 1 is 0.714 bits per heavy atom.